The largest absolute Gasteiger partial charge is 0.368 e. The van der Waals surface area contributed by atoms with E-state index in [-0.39, 0.29) is 29.8 Å². The molecule has 1 unspecified atom stereocenters. The zero-order valence-corrected chi connectivity index (χ0v) is 19.9. The van der Waals surface area contributed by atoms with Crippen molar-refractivity contribution in [3.63, 3.8) is 0 Å². The molecule has 3 aliphatic heterocycles. The van der Waals surface area contributed by atoms with Crippen LogP contribution in [0.3, 0.4) is 0 Å². The minimum atomic E-state index is -0.182. The molecule has 0 bridgehead atoms. The number of nitrogens with one attached hydrogen (secondary N) is 1. The van der Waals surface area contributed by atoms with Crippen LogP contribution in [0.15, 0.2) is 51.6 Å². The Balaban J connectivity index is 1.11. The number of hydrogen-bond donors (Lipinski definition) is 1. The molecule has 2 fully saturated rings. The summed E-state index contributed by atoms with van der Waals surface area (Å²) in [5.74, 6) is -0.268. The maximum absolute atomic E-state index is 12.4. The van der Waals surface area contributed by atoms with E-state index in [9.17, 15) is 9.59 Å². The zero-order valence-electron chi connectivity index (χ0n) is 19.9. The van der Waals surface area contributed by atoms with E-state index >= 15 is 0 Å². The lowest BCUT2D eigenvalue weighted by molar-refractivity contribution is -0.114. The van der Waals surface area contributed by atoms with Gasteiger partial charge >= 0.3 is 0 Å². The Morgan fingerprint density at radius 2 is 2.03 bits per heavy atom. The fourth-order valence-electron chi connectivity index (χ4n) is 4.83. The molecule has 4 aliphatic rings. The van der Waals surface area contributed by atoms with Gasteiger partial charge in [0.1, 0.15) is 11.7 Å². The standard InChI is InChI=1S/C26H29N7O2/c1-2-19-12-23-24(31-25(19)34)11-18(14-28-23)16-32-5-7-33(8-6-32)21-3-4-22(29-15-21)26(35)30-20-9-17(10-20)13-27/h3-4,11-12,14-15,17,20,23H,2,5-10,16H2,1H3,(H,30,35). The van der Waals surface area contributed by atoms with Gasteiger partial charge in [0.25, 0.3) is 11.8 Å². The van der Waals surface area contributed by atoms with E-state index in [1.54, 1.807) is 12.3 Å². The molecule has 1 saturated heterocycles. The van der Waals surface area contributed by atoms with E-state index in [0.717, 1.165) is 68.1 Å². The van der Waals surface area contributed by atoms with Crippen molar-refractivity contribution in [2.75, 3.05) is 37.6 Å². The highest BCUT2D eigenvalue weighted by Gasteiger charge is 2.30. The number of nitriles is 1. The highest BCUT2D eigenvalue weighted by molar-refractivity contribution is 6.16. The van der Waals surface area contributed by atoms with Crippen LogP contribution in [0.4, 0.5) is 5.69 Å². The first kappa shape index (κ1) is 23.1. The van der Waals surface area contributed by atoms with Gasteiger partial charge in [0.2, 0.25) is 0 Å². The molecule has 1 saturated carbocycles. The number of aromatic nitrogens is 1. The molecule has 9 nitrogen and oxygen atoms in total. The van der Waals surface area contributed by atoms with Crippen LogP contribution in [0.1, 0.15) is 36.7 Å². The Morgan fingerprint density at radius 1 is 1.23 bits per heavy atom. The summed E-state index contributed by atoms with van der Waals surface area (Å²) in [6.07, 6.45) is 9.71. The van der Waals surface area contributed by atoms with Gasteiger partial charge in [-0.25, -0.2) is 9.98 Å². The van der Waals surface area contributed by atoms with Gasteiger partial charge in [0.05, 0.1) is 29.6 Å². The summed E-state index contributed by atoms with van der Waals surface area (Å²) in [6, 6.07) is 5.88. The summed E-state index contributed by atoms with van der Waals surface area (Å²) in [6.45, 7) is 6.24. The number of carbonyl (C=O) groups is 2. The number of piperazine rings is 1. The average Bonchev–Trinajstić information content (AvgIpc) is 2.86. The molecule has 180 valence electrons. The fourth-order valence-corrected chi connectivity index (χ4v) is 4.83. The second kappa shape index (κ2) is 9.92. The predicted octanol–water partition coefficient (Wildman–Crippen LogP) is 1.93. The zero-order chi connectivity index (χ0) is 24.4. The maximum Gasteiger partial charge on any atom is 0.272 e. The van der Waals surface area contributed by atoms with Gasteiger partial charge in [-0.1, -0.05) is 6.92 Å². The van der Waals surface area contributed by atoms with Crippen molar-refractivity contribution >= 4 is 29.4 Å². The van der Waals surface area contributed by atoms with E-state index in [4.69, 9.17) is 5.26 Å². The second-order valence-corrected chi connectivity index (χ2v) is 9.46. The van der Waals surface area contributed by atoms with Gasteiger partial charge in [-0.15, -0.1) is 0 Å². The molecule has 35 heavy (non-hydrogen) atoms. The lowest BCUT2D eigenvalue weighted by Gasteiger charge is -2.36. The number of pyridine rings is 1. The third-order valence-corrected chi connectivity index (χ3v) is 7.06. The minimum Gasteiger partial charge on any atom is -0.368 e. The van der Waals surface area contributed by atoms with Crippen LogP contribution in [0.5, 0.6) is 0 Å². The van der Waals surface area contributed by atoms with Crippen LogP contribution in [-0.2, 0) is 4.79 Å². The first-order valence-corrected chi connectivity index (χ1v) is 12.2. The summed E-state index contributed by atoms with van der Waals surface area (Å²) in [5, 5.41) is 11.8. The van der Waals surface area contributed by atoms with Crippen molar-refractivity contribution in [1.82, 2.24) is 15.2 Å². The van der Waals surface area contributed by atoms with E-state index in [1.165, 1.54) is 0 Å². The Hall–Kier alpha value is -3.64. The van der Waals surface area contributed by atoms with Gasteiger partial charge in [-0.3, -0.25) is 19.5 Å². The van der Waals surface area contributed by atoms with E-state index in [2.05, 4.69) is 36.2 Å². The van der Waals surface area contributed by atoms with Crippen LogP contribution >= 0.6 is 0 Å². The quantitative estimate of drug-likeness (QED) is 0.678. The topological polar surface area (TPSA) is 114 Å². The van der Waals surface area contributed by atoms with Crippen molar-refractivity contribution in [3.8, 4) is 6.07 Å². The number of nitrogens with zero attached hydrogens (tertiary/aromatic N) is 6. The number of aliphatic imine (C=N–C) groups is 2. The van der Waals surface area contributed by atoms with Crippen molar-refractivity contribution in [2.45, 2.75) is 38.3 Å². The molecule has 0 spiro atoms. The molecule has 1 atom stereocenters. The number of anilines is 1. The van der Waals surface area contributed by atoms with Gasteiger partial charge < -0.3 is 10.2 Å². The van der Waals surface area contributed by atoms with E-state index in [1.807, 2.05) is 31.4 Å². The van der Waals surface area contributed by atoms with Crippen LogP contribution in [0.2, 0.25) is 0 Å². The first-order chi connectivity index (χ1) is 17.0. The average molecular weight is 472 g/mol. The number of dihydropyridines is 2. The number of fused-ring (bicyclic) bond motifs is 1. The van der Waals surface area contributed by atoms with Crippen molar-refractivity contribution in [3.05, 3.63) is 47.3 Å². The van der Waals surface area contributed by atoms with E-state index in [0.29, 0.717) is 12.1 Å². The van der Waals surface area contributed by atoms with Gasteiger partial charge in [0.15, 0.2) is 0 Å². The SMILES string of the molecule is CCC1=CC2N=CC(CN3CCN(c4ccc(C(=O)NC5CC(C#N)C5)nc4)CC3)=CC2=NC1=O. The minimum absolute atomic E-state index is 0.0595. The van der Waals surface area contributed by atoms with Crippen molar-refractivity contribution in [2.24, 2.45) is 15.9 Å². The van der Waals surface area contributed by atoms with Crippen LogP contribution < -0.4 is 10.2 Å². The normalized spacial score (nSPS) is 26.1. The summed E-state index contributed by atoms with van der Waals surface area (Å²) in [7, 11) is 0. The molecule has 1 aromatic heterocycles. The second-order valence-electron chi connectivity index (χ2n) is 9.46. The van der Waals surface area contributed by atoms with Crippen LogP contribution in [0.25, 0.3) is 0 Å². The smallest absolute Gasteiger partial charge is 0.272 e. The first-order valence-electron chi connectivity index (χ1n) is 12.2. The number of rotatable bonds is 6. The maximum atomic E-state index is 12.4. The fraction of sp³-hybridized carbons (Fsp3) is 0.462. The lowest BCUT2D eigenvalue weighted by atomic mass is 9.81. The number of hydrogen-bond acceptors (Lipinski definition) is 7. The Morgan fingerprint density at radius 3 is 2.71 bits per heavy atom. The van der Waals surface area contributed by atoms with Crippen molar-refractivity contribution < 1.29 is 9.59 Å². The summed E-state index contributed by atoms with van der Waals surface area (Å²) in [4.78, 5) is 42.3. The highest BCUT2D eigenvalue weighted by Crippen LogP contribution is 2.26. The Kier molecular flexibility index (Phi) is 6.55. The predicted molar refractivity (Wildman–Crippen MR) is 134 cm³/mol. The molecular formula is C26H29N7O2. The molecule has 9 heteroatoms. The van der Waals surface area contributed by atoms with E-state index < -0.39 is 0 Å². The Bertz CT molecular complexity index is 1160. The van der Waals surface area contributed by atoms with Crippen molar-refractivity contribution in [1.29, 1.82) is 5.26 Å². The van der Waals surface area contributed by atoms with Crippen LogP contribution in [-0.4, -0.2) is 78.4 Å². The summed E-state index contributed by atoms with van der Waals surface area (Å²) < 4.78 is 0. The number of amides is 2. The third kappa shape index (κ3) is 5.08. The molecule has 1 aromatic rings. The van der Waals surface area contributed by atoms with Gasteiger partial charge in [-0.2, -0.15) is 5.26 Å². The lowest BCUT2D eigenvalue weighted by Crippen LogP contribution is -2.47. The molecule has 1 N–H and O–H groups in total. The van der Waals surface area contributed by atoms with Gasteiger partial charge in [-0.05, 0) is 49.1 Å². The summed E-state index contributed by atoms with van der Waals surface area (Å²) in [5.41, 5.74) is 3.95. The molecule has 0 aromatic carbocycles. The summed E-state index contributed by atoms with van der Waals surface area (Å²) >= 11 is 0. The molecule has 4 heterocycles. The monoisotopic (exact) mass is 471 g/mol. The molecule has 5 rings (SSSR count). The number of carbonyl (C=O) groups excluding carboxylic acids is 2. The molecule has 1 aliphatic carbocycles. The Labute approximate surface area is 204 Å². The highest BCUT2D eigenvalue weighted by atomic mass is 16.2. The van der Waals surface area contributed by atoms with Gasteiger partial charge in [0, 0.05) is 50.6 Å². The molecule has 0 radical (unpaired) electrons. The van der Waals surface area contributed by atoms with Crippen LogP contribution in [0, 0.1) is 17.2 Å². The third-order valence-electron chi connectivity index (χ3n) is 7.06. The molecule has 2 amide bonds. The molecular weight excluding hydrogens is 442 g/mol.